The Morgan fingerprint density at radius 2 is 1.76 bits per heavy atom. The number of halogens is 1. The number of para-hydroxylation sites is 1. The number of methoxy groups -OCH3 is 2. The highest BCUT2D eigenvalue weighted by Gasteiger charge is 2.33. The van der Waals surface area contributed by atoms with Gasteiger partial charge in [0.05, 0.1) is 32.1 Å². The first kappa shape index (κ1) is 20.9. The van der Waals surface area contributed by atoms with Crippen LogP contribution in [-0.4, -0.2) is 39.5 Å². The van der Waals surface area contributed by atoms with Gasteiger partial charge in [0.2, 0.25) is 0 Å². The van der Waals surface area contributed by atoms with E-state index in [0.29, 0.717) is 11.4 Å². The van der Waals surface area contributed by atoms with Gasteiger partial charge in [-0.25, -0.2) is 14.0 Å². The van der Waals surface area contributed by atoms with Gasteiger partial charge in [0.1, 0.15) is 18.2 Å². The molecule has 3 rings (SSSR count). The van der Waals surface area contributed by atoms with E-state index in [4.69, 9.17) is 14.2 Å². The first-order valence-corrected chi connectivity index (χ1v) is 9.75. The van der Waals surface area contributed by atoms with Gasteiger partial charge in [-0.3, -0.25) is 0 Å². The standard InChI is InChI=1S/C21H20FNO5S/c1-26-20(24)16-11-28-13-23(19(16)21(25)27-2)17-5-3-4-6-18(17)29-12-14-7-9-15(22)10-8-14/h3-10H,11-13H2,1-2H3. The van der Waals surface area contributed by atoms with Gasteiger partial charge in [-0.15, -0.1) is 11.8 Å². The molecule has 1 aliphatic rings. The normalized spacial score (nSPS) is 14.0. The SMILES string of the molecule is COC(=O)C1=C(C(=O)OC)N(c2ccccc2SCc2ccc(F)cc2)COC1. The zero-order valence-electron chi connectivity index (χ0n) is 16.0. The molecular weight excluding hydrogens is 397 g/mol. The monoisotopic (exact) mass is 417 g/mol. The lowest BCUT2D eigenvalue weighted by atomic mass is 10.1. The Morgan fingerprint density at radius 3 is 2.45 bits per heavy atom. The van der Waals surface area contributed by atoms with Gasteiger partial charge in [-0.05, 0) is 29.8 Å². The number of anilines is 1. The Morgan fingerprint density at radius 1 is 1.07 bits per heavy atom. The van der Waals surface area contributed by atoms with Crippen molar-refractivity contribution >= 4 is 29.4 Å². The quantitative estimate of drug-likeness (QED) is 0.526. The van der Waals surface area contributed by atoms with Crippen molar-refractivity contribution in [2.45, 2.75) is 10.6 Å². The van der Waals surface area contributed by atoms with E-state index in [-0.39, 0.29) is 30.4 Å². The fourth-order valence-corrected chi connectivity index (χ4v) is 3.89. The van der Waals surface area contributed by atoms with Gasteiger partial charge in [0, 0.05) is 10.6 Å². The number of carbonyl (C=O) groups excluding carboxylic acids is 2. The summed E-state index contributed by atoms with van der Waals surface area (Å²) in [5.74, 6) is -0.973. The van der Waals surface area contributed by atoms with Gasteiger partial charge >= 0.3 is 11.9 Å². The van der Waals surface area contributed by atoms with Crippen LogP contribution < -0.4 is 4.90 Å². The fraction of sp³-hybridized carbons (Fsp3) is 0.238. The zero-order chi connectivity index (χ0) is 20.8. The Hall–Kier alpha value is -2.84. The van der Waals surface area contributed by atoms with Crippen molar-refractivity contribution in [1.82, 2.24) is 0 Å². The van der Waals surface area contributed by atoms with E-state index >= 15 is 0 Å². The van der Waals surface area contributed by atoms with Crippen molar-refractivity contribution in [3.63, 3.8) is 0 Å². The molecule has 0 saturated carbocycles. The van der Waals surface area contributed by atoms with Crippen molar-refractivity contribution in [1.29, 1.82) is 0 Å². The number of carbonyl (C=O) groups is 2. The van der Waals surface area contributed by atoms with E-state index < -0.39 is 11.9 Å². The Labute approximate surface area is 172 Å². The highest BCUT2D eigenvalue weighted by molar-refractivity contribution is 7.98. The summed E-state index contributed by atoms with van der Waals surface area (Å²) in [4.78, 5) is 27.1. The van der Waals surface area contributed by atoms with Crippen molar-refractivity contribution in [3.05, 3.63) is 71.2 Å². The Kier molecular flexibility index (Phi) is 6.90. The summed E-state index contributed by atoms with van der Waals surface area (Å²) in [5.41, 5.74) is 1.85. The second-order valence-electron chi connectivity index (χ2n) is 6.10. The molecule has 0 N–H and O–H groups in total. The average molecular weight is 417 g/mol. The molecule has 0 saturated heterocycles. The van der Waals surface area contributed by atoms with Crippen LogP contribution in [0.25, 0.3) is 0 Å². The van der Waals surface area contributed by atoms with Crippen LogP contribution in [0, 0.1) is 5.82 Å². The van der Waals surface area contributed by atoms with Crippen LogP contribution in [0.15, 0.2) is 64.7 Å². The zero-order valence-corrected chi connectivity index (χ0v) is 16.8. The first-order chi connectivity index (χ1) is 14.0. The number of ether oxygens (including phenoxy) is 3. The molecule has 8 heteroatoms. The number of esters is 2. The fourth-order valence-electron chi connectivity index (χ4n) is 2.88. The maximum atomic E-state index is 13.1. The maximum absolute atomic E-state index is 13.1. The Bertz CT molecular complexity index is 929. The van der Waals surface area contributed by atoms with Gasteiger partial charge in [0.25, 0.3) is 0 Å². The third-order valence-electron chi connectivity index (χ3n) is 4.30. The van der Waals surface area contributed by atoms with Crippen LogP contribution in [0.1, 0.15) is 5.56 Å². The number of rotatable bonds is 6. The van der Waals surface area contributed by atoms with Crippen molar-refractivity contribution < 1.29 is 28.2 Å². The van der Waals surface area contributed by atoms with Crippen LogP contribution in [0.5, 0.6) is 0 Å². The summed E-state index contributed by atoms with van der Waals surface area (Å²) in [6.45, 7) is 0.0392. The number of nitrogens with zero attached hydrogens (tertiary/aromatic N) is 1. The number of hydrogen-bond donors (Lipinski definition) is 0. The minimum absolute atomic E-state index is 0.0432. The minimum Gasteiger partial charge on any atom is -0.466 e. The molecule has 0 aliphatic carbocycles. The van der Waals surface area contributed by atoms with Crippen LogP contribution >= 0.6 is 11.8 Å². The van der Waals surface area contributed by atoms with Gasteiger partial charge in [0.15, 0.2) is 0 Å². The summed E-state index contributed by atoms with van der Waals surface area (Å²) >= 11 is 1.53. The number of benzene rings is 2. The molecule has 0 amide bonds. The maximum Gasteiger partial charge on any atom is 0.355 e. The van der Waals surface area contributed by atoms with Crippen molar-refractivity contribution in [3.8, 4) is 0 Å². The van der Waals surface area contributed by atoms with E-state index in [9.17, 15) is 14.0 Å². The van der Waals surface area contributed by atoms with Gasteiger partial charge < -0.3 is 19.1 Å². The summed E-state index contributed by atoms with van der Waals surface area (Å²) < 4.78 is 28.4. The smallest absolute Gasteiger partial charge is 0.355 e. The molecule has 1 aliphatic heterocycles. The average Bonchev–Trinajstić information content (AvgIpc) is 2.77. The Balaban J connectivity index is 1.95. The number of thioether (sulfide) groups is 1. The molecule has 0 spiro atoms. The second-order valence-corrected chi connectivity index (χ2v) is 7.12. The minimum atomic E-state index is -0.647. The molecular formula is C21H20FNO5S. The lowest BCUT2D eigenvalue weighted by Crippen LogP contribution is -2.39. The molecule has 1 heterocycles. The lowest BCUT2D eigenvalue weighted by molar-refractivity contribution is -0.140. The van der Waals surface area contributed by atoms with Gasteiger partial charge in [-0.1, -0.05) is 24.3 Å². The third-order valence-corrected chi connectivity index (χ3v) is 5.43. The van der Waals surface area contributed by atoms with Crippen LogP contribution in [-0.2, 0) is 29.6 Å². The second kappa shape index (κ2) is 9.58. The molecule has 0 fully saturated rings. The summed E-state index contributed by atoms with van der Waals surface area (Å²) in [6.07, 6.45) is 0. The molecule has 6 nitrogen and oxygen atoms in total. The van der Waals surface area contributed by atoms with E-state index in [1.165, 1.54) is 38.1 Å². The molecule has 152 valence electrons. The molecule has 0 aromatic heterocycles. The molecule has 29 heavy (non-hydrogen) atoms. The number of hydrogen-bond acceptors (Lipinski definition) is 7. The van der Waals surface area contributed by atoms with Crippen molar-refractivity contribution in [2.24, 2.45) is 0 Å². The molecule has 2 aromatic rings. The summed E-state index contributed by atoms with van der Waals surface area (Å²) in [7, 11) is 2.50. The van der Waals surface area contributed by atoms with Crippen molar-refractivity contribution in [2.75, 3.05) is 32.5 Å². The predicted octanol–water partition coefficient (Wildman–Crippen LogP) is 3.51. The lowest BCUT2D eigenvalue weighted by Gasteiger charge is -2.32. The van der Waals surface area contributed by atoms with Gasteiger partial charge in [-0.2, -0.15) is 0 Å². The van der Waals surface area contributed by atoms with Crippen LogP contribution in [0.2, 0.25) is 0 Å². The molecule has 0 radical (unpaired) electrons. The highest BCUT2D eigenvalue weighted by atomic mass is 32.2. The van der Waals surface area contributed by atoms with Crippen LogP contribution in [0.4, 0.5) is 10.1 Å². The summed E-state index contributed by atoms with van der Waals surface area (Å²) in [6, 6.07) is 13.7. The van der Waals surface area contributed by atoms with E-state index in [0.717, 1.165) is 10.5 Å². The molecule has 0 atom stereocenters. The molecule has 0 unspecified atom stereocenters. The van der Waals surface area contributed by atoms with E-state index in [2.05, 4.69) is 0 Å². The van der Waals surface area contributed by atoms with Crippen LogP contribution in [0.3, 0.4) is 0 Å². The highest BCUT2D eigenvalue weighted by Crippen LogP contribution is 2.36. The largest absolute Gasteiger partial charge is 0.466 e. The summed E-state index contributed by atoms with van der Waals surface area (Å²) in [5, 5.41) is 0. The third kappa shape index (κ3) is 4.78. The first-order valence-electron chi connectivity index (χ1n) is 8.76. The molecule has 0 bridgehead atoms. The van der Waals surface area contributed by atoms with E-state index in [1.807, 2.05) is 24.3 Å². The van der Waals surface area contributed by atoms with E-state index in [1.54, 1.807) is 17.0 Å². The topological polar surface area (TPSA) is 65.1 Å². The predicted molar refractivity (Wildman–Crippen MR) is 107 cm³/mol. The molecule has 2 aromatic carbocycles.